The third-order valence-corrected chi connectivity index (χ3v) is 5.01. The van der Waals surface area contributed by atoms with Crippen molar-refractivity contribution in [1.29, 1.82) is 0 Å². The Hall–Kier alpha value is -3.86. The van der Waals surface area contributed by atoms with E-state index in [0.717, 1.165) is 33.5 Å². The van der Waals surface area contributed by atoms with E-state index in [9.17, 15) is 4.79 Å². The van der Waals surface area contributed by atoms with Gasteiger partial charge in [0, 0.05) is 23.6 Å². The molecule has 4 rings (SSSR count). The van der Waals surface area contributed by atoms with Gasteiger partial charge in [-0.1, -0.05) is 54.1 Å². The topological polar surface area (TPSA) is 60.5 Å². The summed E-state index contributed by atoms with van der Waals surface area (Å²) in [6.07, 6.45) is 0. The third-order valence-electron chi connectivity index (χ3n) is 5.01. The molecule has 1 heterocycles. The number of aryl methyl sites for hydroxylation is 1. The predicted octanol–water partition coefficient (Wildman–Crippen LogP) is 4.91. The van der Waals surface area contributed by atoms with Gasteiger partial charge in [0.2, 0.25) is 0 Å². The van der Waals surface area contributed by atoms with Crippen molar-refractivity contribution in [2.75, 3.05) is 13.7 Å². The zero-order valence-electron chi connectivity index (χ0n) is 17.6. The summed E-state index contributed by atoms with van der Waals surface area (Å²) < 4.78 is 11.1. The van der Waals surface area contributed by atoms with Gasteiger partial charge in [-0.3, -0.25) is 4.79 Å². The Morgan fingerprint density at radius 3 is 2.58 bits per heavy atom. The van der Waals surface area contributed by atoms with Crippen LogP contribution in [0.3, 0.4) is 0 Å². The molecule has 4 aromatic rings. The van der Waals surface area contributed by atoms with Gasteiger partial charge in [-0.2, -0.15) is 0 Å². The predicted molar refractivity (Wildman–Crippen MR) is 122 cm³/mol. The molecule has 5 nitrogen and oxygen atoms in total. The van der Waals surface area contributed by atoms with Crippen molar-refractivity contribution in [2.24, 2.45) is 0 Å². The molecule has 5 heteroatoms. The molecule has 0 unspecified atom stereocenters. The quantitative estimate of drug-likeness (QED) is 0.468. The molecule has 1 N–H and O–H groups in total. The molecule has 0 aliphatic carbocycles. The molecule has 0 spiro atoms. The second kappa shape index (κ2) is 9.30. The lowest BCUT2D eigenvalue weighted by atomic mass is 10.1. The number of hydrogen-bond acceptors (Lipinski definition) is 4. The van der Waals surface area contributed by atoms with Crippen LogP contribution in [0.2, 0.25) is 0 Å². The number of fused-ring (bicyclic) bond motifs is 1. The van der Waals surface area contributed by atoms with Crippen molar-refractivity contribution in [3.63, 3.8) is 0 Å². The number of nitrogens with one attached hydrogen (secondary N) is 1. The summed E-state index contributed by atoms with van der Waals surface area (Å²) in [6, 6.07) is 25.5. The van der Waals surface area contributed by atoms with E-state index in [1.165, 1.54) is 5.56 Å². The van der Waals surface area contributed by atoms with Crippen molar-refractivity contribution in [3.8, 4) is 22.8 Å². The van der Waals surface area contributed by atoms with E-state index in [4.69, 9.17) is 14.5 Å². The average Bonchev–Trinajstić information content (AvgIpc) is 2.81. The molecular formula is C26H24N2O3. The first-order valence-corrected chi connectivity index (χ1v) is 10.1. The first-order valence-electron chi connectivity index (χ1n) is 10.1. The van der Waals surface area contributed by atoms with Crippen molar-refractivity contribution < 1.29 is 14.3 Å². The van der Waals surface area contributed by atoms with Crippen LogP contribution < -0.4 is 14.8 Å². The van der Waals surface area contributed by atoms with Gasteiger partial charge in [0.25, 0.3) is 5.91 Å². The van der Waals surface area contributed by atoms with Crippen LogP contribution in [0.4, 0.5) is 0 Å². The van der Waals surface area contributed by atoms with E-state index >= 15 is 0 Å². The van der Waals surface area contributed by atoms with Gasteiger partial charge < -0.3 is 14.8 Å². The first kappa shape index (κ1) is 20.4. The number of benzene rings is 3. The zero-order valence-corrected chi connectivity index (χ0v) is 17.6. The Kier molecular flexibility index (Phi) is 6.13. The highest BCUT2D eigenvalue weighted by Crippen LogP contribution is 2.30. The number of hydrogen-bond donors (Lipinski definition) is 1. The number of aromatic nitrogens is 1. The van der Waals surface area contributed by atoms with Gasteiger partial charge in [0.15, 0.2) is 6.61 Å². The fourth-order valence-electron chi connectivity index (χ4n) is 3.31. The molecule has 0 saturated heterocycles. The SMILES string of the molecule is COc1cccc(CNC(=O)COc2cc(-c3ccc(C)cc3)nc3ccccc23)c1. The smallest absolute Gasteiger partial charge is 0.258 e. The maximum absolute atomic E-state index is 12.4. The van der Waals surface area contributed by atoms with Crippen molar-refractivity contribution in [1.82, 2.24) is 10.3 Å². The fourth-order valence-corrected chi connectivity index (χ4v) is 3.31. The summed E-state index contributed by atoms with van der Waals surface area (Å²) in [7, 11) is 1.62. The van der Waals surface area contributed by atoms with E-state index in [0.29, 0.717) is 12.3 Å². The minimum Gasteiger partial charge on any atom is -0.497 e. The lowest BCUT2D eigenvalue weighted by molar-refractivity contribution is -0.123. The van der Waals surface area contributed by atoms with Gasteiger partial charge in [0.05, 0.1) is 18.3 Å². The summed E-state index contributed by atoms with van der Waals surface area (Å²) in [4.78, 5) is 17.2. The molecule has 1 amide bonds. The molecule has 156 valence electrons. The minimum atomic E-state index is -0.194. The van der Waals surface area contributed by atoms with Crippen molar-refractivity contribution in [3.05, 3.63) is 90.0 Å². The molecule has 3 aromatic carbocycles. The standard InChI is InChI=1S/C26H24N2O3/c1-18-10-12-20(13-11-18)24-15-25(22-8-3-4-9-23(22)28-24)31-17-26(29)27-16-19-6-5-7-21(14-19)30-2/h3-15H,16-17H2,1-2H3,(H,27,29). The molecule has 31 heavy (non-hydrogen) atoms. The van der Waals surface area contributed by atoms with Crippen LogP contribution in [0.25, 0.3) is 22.2 Å². The van der Waals surface area contributed by atoms with Crippen LogP contribution in [-0.2, 0) is 11.3 Å². The number of rotatable bonds is 7. The van der Waals surface area contributed by atoms with Crippen molar-refractivity contribution in [2.45, 2.75) is 13.5 Å². The summed E-state index contributed by atoms with van der Waals surface area (Å²) in [5.41, 5.74) is 4.79. The van der Waals surface area contributed by atoms with E-state index in [1.54, 1.807) is 7.11 Å². The lowest BCUT2D eigenvalue weighted by Crippen LogP contribution is -2.28. The number of methoxy groups -OCH3 is 1. The third kappa shape index (κ3) is 5.01. The second-order valence-electron chi connectivity index (χ2n) is 7.31. The Morgan fingerprint density at radius 2 is 1.77 bits per heavy atom. The van der Waals surface area contributed by atoms with E-state index in [2.05, 4.69) is 24.4 Å². The minimum absolute atomic E-state index is 0.0781. The highest BCUT2D eigenvalue weighted by Gasteiger charge is 2.11. The highest BCUT2D eigenvalue weighted by atomic mass is 16.5. The number of ether oxygens (including phenoxy) is 2. The number of para-hydroxylation sites is 1. The first-order chi connectivity index (χ1) is 15.1. The van der Waals surface area contributed by atoms with E-state index < -0.39 is 0 Å². The van der Waals surface area contributed by atoms with Gasteiger partial charge in [-0.05, 0) is 36.8 Å². The largest absolute Gasteiger partial charge is 0.497 e. The number of carbonyl (C=O) groups is 1. The summed E-state index contributed by atoms with van der Waals surface area (Å²) >= 11 is 0. The maximum atomic E-state index is 12.4. The Bertz CT molecular complexity index is 1200. The van der Waals surface area contributed by atoms with Gasteiger partial charge >= 0.3 is 0 Å². The van der Waals surface area contributed by atoms with Crippen molar-refractivity contribution >= 4 is 16.8 Å². The number of pyridine rings is 1. The number of carbonyl (C=O) groups excluding carboxylic acids is 1. The molecule has 0 atom stereocenters. The number of amides is 1. The van der Waals surface area contributed by atoms with Crippen LogP contribution in [0.15, 0.2) is 78.9 Å². The average molecular weight is 412 g/mol. The monoisotopic (exact) mass is 412 g/mol. The molecule has 0 radical (unpaired) electrons. The number of nitrogens with zero attached hydrogens (tertiary/aromatic N) is 1. The second-order valence-corrected chi connectivity index (χ2v) is 7.31. The van der Waals surface area contributed by atoms with Crippen LogP contribution in [0.5, 0.6) is 11.5 Å². The van der Waals surface area contributed by atoms with Crippen LogP contribution in [0, 0.1) is 6.92 Å². The Balaban J connectivity index is 1.49. The maximum Gasteiger partial charge on any atom is 0.258 e. The molecule has 0 bridgehead atoms. The van der Waals surface area contributed by atoms with Crippen LogP contribution in [-0.4, -0.2) is 24.6 Å². The van der Waals surface area contributed by atoms with Crippen LogP contribution in [0.1, 0.15) is 11.1 Å². The fraction of sp³-hybridized carbons (Fsp3) is 0.154. The molecule has 0 aliphatic heterocycles. The van der Waals surface area contributed by atoms with Gasteiger partial charge in [-0.25, -0.2) is 4.98 Å². The summed E-state index contributed by atoms with van der Waals surface area (Å²) in [6.45, 7) is 2.38. The summed E-state index contributed by atoms with van der Waals surface area (Å²) in [5.74, 6) is 1.20. The molecule has 0 fully saturated rings. The molecule has 0 saturated carbocycles. The molecular weight excluding hydrogens is 388 g/mol. The molecule has 0 aliphatic rings. The van der Waals surface area contributed by atoms with E-state index in [-0.39, 0.29) is 12.5 Å². The zero-order chi connectivity index (χ0) is 21.6. The van der Waals surface area contributed by atoms with Gasteiger partial charge in [0.1, 0.15) is 11.5 Å². The Labute approximate surface area is 181 Å². The van der Waals surface area contributed by atoms with Crippen LogP contribution >= 0.6 is 0 Å². The van der Waals surface area contributed by atoms with Gasteiger partial charge in [-0.15, -0.1) is 0 Å². The van der Waals surface area contributed by atoms with E-state index in [1.807, 2.05) is 66.7 Å². The normalized spacial score (nSPS) is 10.6. The molecule has 1 aromatic heterocycles. The highest BCUT2D eigenvalue weighted by molar-refractivity contribution is 5.88. The lowest BCUT2D eigenvalue weighted by Gasteiger charge is -2.12. The summed E-state index contributed by atoms with van der Waals surface area (Å²) in [5, 5.41) is 3.76. The Morgan fingerprint density at radius 1 is 0.968 bits per heavy atom.